The molecule has 30 heavy (non-hydrogen) atoms. The minimum absolute atomic E-state index is 0.459. The van der Waals surface area contributed by atoms with Gasteiger partial charge in [0, 0.05) is 16.3 Å². The lowest BCUT2D eigenvalue weighted by Crippen LogP contribution is -2.24. The third kappa shape index (κ3) is 9.51. The number of rotatable bonds is 12. The molecule has 0 heterocycles. The number of amides is 2. The van der Waals surface area contributed by atoms with Gasteiger partial charge in [0.25, 0.3) is 0 Å². The molecule has 2 amide bonds. The first-order valence-corrected chi connectivity index (χ1v) is 11.1. The van der Waals surface area contributed by atoms with Crippen molar-refractivity contribution in [2.45, 2.75) is 51.9 Å². The summed E-state index contributed by atoms with van der Waals surface area (Å²) in [6.45, 7) is 2.91. The molecule has 0 aliphatic heterocycles. The molecule has 0 bridgehead atoms. The molecule has 0 aliphatic rings. The van der Waals surface area contributed by atoms with E-state index in [2.05, 4.69) is 22.8 Å². The summed E-state index contributed by atoms with van der Waals surface area (Å²) in [6, 6.07) is 11.8. The van der Waals surface area contributed by atoms with Crippen molar-refractivity contribution in [3.8, 4) is 5.75 Å². The fraction of sp³-hybridized carbons (Fsp3) is 0.391. The highest BCUT2D eigenvalue weighted by molar-refractivity contribution is 6.33. The van der Waals surface area contributed by atoms with Crippen LogP contribution in [0.4, 0.5) is 10.5 Å². The average Bonchev–Trinajstić information content (AvgIpc) is 2.73. The zero-order chi connectivity index (χ0) is 21.6. The summed E-state index contributed by atoms with van der Waals surface area (Å²) >= 11 is 12.1. The van der Waals surface area contributed by atoms with Crippen LogP contribution in [0, 0.1) is 0 Å². The van der Waals surface area contributed by atoms with Crippen molar-refractivity contribution in [2.24, 2.45) is 5.10 Å². The van der Waals surface area contributed by atoms with Crippen molar-refractivity contribution in [1.29, 1.82) is 0 Å². The number of anilines is 1. The highest BCUT2D eigenvalue weighted by atomic mass is 35.5. The molecular weight excluding hydrogens is 421 g/mol. The Labute approximate surface area is 188 Å². The fourth-order valence-electron chi connectivity index (χ4n) is 2.80. The normalized spacial score (nSPS) is 10.9. The number of nitrogens with one attached hydrogen (secondary N) is 2. The maximum atomic E-state index is 11.8. The quantitative estimate of drug-likeness (QED) is 0.203. The third-order valence-electron chi connectivity index (χ3n) is 4.46. The molecular formula is C23H29Cl2N3O2. The molecule has 7 heteroatoms. The van der Waals surface area contributed by atoms with Gasteiger partial charge in [0.05, 0.1) is 17.8 Å². The Morgan fingerprint density at radius 2 is 1.70 bits per heavy atom. The number of hydrogen-bond acceptors (Lipinski definition) is 3. The first-order valence-electron chi connectivity index (χ1n) is 10.4. The Morgan fingerprint density at radius 3 is 2.40 bits per heavy atom. The number of urea groups is 1. The third-order valence-corrected chi connectivity index (χ3v) is 5.04. The van der Waals surface area contributed by atoms with Crippen molar-refractivity contribution >= 4 is 41.1 Å². The molecule has 0 aromatic heterocycles. The van der Waals surface area contributed by atoms with Crippen LogP contribution in [0.25, 0.3) is 0 Å². The van der Waals surface area contributed by atoms with Crippen LogP contribution in [0.15, 0.2) is 47.6 Å². The molecule has 0 radical (unpaired) electrons. The van der Waals surface area contributed by atoms with E-state index in [0.29, 0.717) is 27.9 Å². The van der Waals surface area contributed by atoms with Gasteiger partial charge in [0.1, 0.15) is 5.75 Å². The monoisotopic (exact) mass is 449 g/mol. The van der Waals surface area contributed by atoms with Crippen molar-refractivity contribution < 1.29 is 9.53 Å². The summed E-state index contributed by atoms with van der Waals surface area (Å²) in [6.07, 6.45) is 10.2. The highest BCUT2D eigenvalue weighted by Gasteiger charge is 2.03. The lowest BCUT2D eigenvalue weighted by Gasteiger charge is -2.08. The Hall–Kier alpha value is -2.24. The Balaban J connectivity index is 1.70. The second-order valence-corrected chi connectivity index (χ2v) is 7.83. The van der Waals surface area contributed by atoms with Gasteiger partial charge in [-0.1, -0.05) is 68.7 Å². The second-order valence-electron chi connectivity index (χ2n) is 6.98. The summed E-state index contributed by atoms with van der Waals surface area (Å²) < 4.78 is 5.77. The molecule has 162 valence electrons. The molecule has 0 fully saturated rings. The van der Waals surface area contributed by atoms with E-state index in [1.165, 1.54) is 44.7 Å². The van der Waals surface area contributed by atoms with Crippen LogP contribution in [0.2, 0.25) is 10.0 Å². The van der Waals surface area contributed by atoms with Gasteiger partial charge >= 0.3 is 6.03 Å². The molecule has 0 atom stereocenters. The molecule has 5 nitrogen and oxygen atoms in total. The molecule has 2 aromatic rings. The zero-order valence-electron chi connectivity index (χ0n) is 17.3. The average molecular weight is 450 g/mol. The van der Waals surface area contributed by atoms with Crippen molar-refractivity contribution in [3.63, 3.8) is 0 Å². The van der Waals surface area contributed by atoms with Crippen molar-refractivity contribution in [2.75, 3.05) is 11.9 Å². The zero-order valence-corrected chi connectivity index (χ0v) is 18.8. The van der Waals surface area contributed by atoms with Crippen molar-refractivity contribution in [1.82, 2.24) is 5.43 Å². The topological polar surface area (TPSA) is 62.7 Å². The van der Waals surface area contributed by atoms with E-state index in [0.717, 1.165) is 12.2 Å². The number of carbonyl (C=O) groups excluding carboxylic acids is 1. The Kier molecular flexibility index (Phi) is 11.1. The summed E-state index contributed by atoms with van der Waals surface area (Å²) in [5, 5.41) is 7.69. The molecule has 0 saturated heterocycles. The van der Waals surface area contributed by atoms with Crippen LogP contribution in [0.1, 0.15) is 57.4 Å². The second kappa shape index (κ2) is 13.9. The smallest absolute Gasteiger partial charge is 0.339 e. The molecule has 2 rings (SSSR count). The van der Waals surface area contributed by atoms with Crippen LogP contribution < -0.4 is 15.5 Å². The summed E-state index contributed by atoms with van der Waals surface area (Å²) in [5.41, 5.74) is 3.70. The number of unbranched alkanes of at least 4 members (excludes halogenated alkanes) is 6. The number of nitrogens with zero attached hydrogens (tertiary/aromatic N) is 1. The number of halogens is 2. The van der Waals surface area contributed by atoms with Gasteiger partial charge in [-0.15, -0.1) is 0 Å². The number of benzene rings is 2. The standard InChI is InChI=1S/C23H29Cl2N3O2/c1-2-3-4-5-6-7-8-15-30-21-14-9-18(22(25)16-21)17-26-28-23(29)27-20-12-10-19(24)11-13-20/h9-14,16-17H,2-8,15H2,1H3,(H2,27,28,29)/b26-17-. The molecule has 0 unspecified atom stereocenters. The predicted octanol–water partition coefficient (Wildman–Crippen LogP) is 7.28. The molecule has 2 N–H and O–H groups in total. The van der Waals surface area contributed by atoms with Crippen LogP contribution >= 0.6 is 23.2 Å². The first-order chi connectivity index (χ1) is 14.6. The van der Waals surface area contributed by atoms with Crippen LogP contribution in [0.5, 0.6) is 5.75 Å². The van der Waals surface area contributed by atoms with E-state index in [1.807, 2.05) is 12.1 Å². The van der Waals surface area contributed by atoms with Crippen LogP contribution in [-0.4, -0.2) is 18.9 Å². The Morgan fingerprint density at radius 1 is 1.00 bits per heavy atom. The number of hydrogen-bond donors (Lipinski definition) is 2. The van der Waals surface area contributed by atoms with E-state index in [1.54, 1.807) is 30.3 Å². The number of hydrazone groups is 1. The van der Waals surface area contributed by atoms with Gasteiger partial charge in [0.2, 0.25) is 0 Å². The predicted molar refractivity (Wildman–Crippen MR) is 126 cm³/mol. The minimum atomic E-state index is -0.459. The molecule has 0 aliphatic carbocycles. The van der Waals surface area contributed by atoms with E-state index in [4.69, 9.17) is 27.9 Å². The van der Waals surface area contributed by atoms with Gasteiger partial charge < -0.3 is 10.1 Å². The largest absolute Gasteiger partial charge is 0.494 e. The van der Waals surface area contributed by atoms with E-state index < -0.39 is 6.03 Å². The minimum Gasteiger partial charge on any atom is -0.494 e. The van der Waals surface area contributed by atoms with Gasteiger partial charge in [-0.25, -0.2) is 10.2 Å². The van der Waals surface area contributed by atoms with Gasteiger partial charge in [-0.2, -0.15) is 5.10 Å². The first kappa shape index (κ1) is 24.0. The van der Waals surface area contributed by atoms with E-state index in [-0.39, 0.29) is 0 Å². The highest BCUT2D eigenvalue weighted by Crippen LogP contribution is 2.22. The van der Waals surface area contributed by atoms with Crippen LogP contribution in [0.3, 0.4) is 0 Å². The maximum absolute atomic E-state index is 11.8. The van der Waals surface area contributed by atoms with Gasteiger partial charge in [-0.05, 0) is 48.9 Å². The van der Waals surface area contributed by atoms with Crippen molar-refractivity contribution in [3.05, 3.63) is 58.1 Å². The lowest BCUT2D eigenvalue weighted by atomic mass is 10.1. The summed E-state index contributed by atoms with van der Waals surface area (Å²) in [4.78, 5) is 11.8. The lowest BCUT2D eigenvalue weighted by molar-refractivity contribution is 0.252. The SMILES string of the molecule is CCCCCCCCCOc1ccc(/C=N\NC(=O)Nc2ccc(Cl)cc2)c(Cl)c1. The van der Waals surface area contributed by atoms with Gasteiger partial charge in [-0.3, -0.25) is 0 Å². The van der Waals surface area contributed by atoms with Crippen LogP contribution in [-0.2, 0) is 0 Å². The molecule has 0 saturated carbocycles. The van der Waals surface area contributed by atoms with Gasteiger partial charge in [0.15, 0.2) is 0 Å². The fourth-order valence-corrected chi connectivity index (χ4v) is 3.15. The number of ether oxygens (including phenoxy) is 1. The summed E-state index contributed by atoms with van der Waals surface area (Å²) in [5.74, 6) is 0.733. The van der Waals surface area contributed by atoms with E-state index >= 15 is 0 Å². The molecule has 0 spiro atoms. The van der Waals surface area contributed by atoms with E-state index in [9.17, 15) is 4.79 Å². The maximum Gasteiger partial charge on any atom is 0.339 e. The number of carbonyl (C=O) groups is 1. The molecule has 2 aromatic carbocycles. The summed E-state index contributed by atoms with van der Waals surface area (Å²) in [7, 11) is 0. The Bertz CT molecular complexity index is 811.